The van der Waals surface area contributed by atoms with Crippen LogP contribution in [0.2, 0.25) is 0 Å². The third-order valence-electron chi connectivity index (χ3n) is 3.13. The quantitative estimate of drug-likeness (QED) is 0.546. The molecule has 0 saturated carbocycles. The molecule has 0 amide bonds. The van der Waals surface area contributed by atoms with Crippen molar-refractivity contribution in [2.75, 3.05) is 5.75 Å². The van der Waals surface area contributed by atoms with E-state index in [0.717, 1.165) is 57.1 Å². The van der Waals surface area contributed by atoms with Gasteiger partial charge in [0.15, 0.2) is 0 Å². The normalized spacial score (nSPS) is 11.7. The summed E-state index contributed by atoms with van der Waals surface area (Å²) in [6, 6.07) is 0. The minimum atomic E-state index is -0.597. The highest BCUT2D eigenvalue weighted by molar-refractivity contribution is 8.01. The van der Waals surface area contributed by atoms with Gasteiger partial charge < -0.3 is 5.11 Å². The molecule has 0 aromatic rings. The Morgan fingerprint density at radius 2 is 1.47 bits per heavy atom. The van der Waals surface area contributed by atoms with Crippen LogP contribution in [0.25, 0.3) is 0 Å². The average Bonchev–Trinajstić information content (AvgIpc) is 2.32. The van der Waals surface area contributed by atoms with Crippen molar-refractivity contribution in [3.05, 3.63) is 0 Å². The molecule has 0 aliphatic carbocycles. The van der Waals surface area contributed by atoms with Crippen molar-refractivity contribution in [2.24, 2.45) is 0 Å². The molecule has 1 N–H and O–H groups in total. The fraction of sp³-hybridized carbons (Fsp3) is 0.929. The van der Waals surface area contributed by atoms with Gasteiger partial charge in [-0.05, 0) is 25.0 Å². The molecule has 17 heavy (non-hydrogen) atoms. The third-order valence-corrected chi connectivity index (χ3v) is 4.76. The highest BCUT2D eigenvalue weighted by Gasteiger charge is 2.37. The lowest BCUT2D eigenvalue weighted by molar-refractivity contribution is -0.140. The Morgan fingerprint density at radius 3 is 1.82 bits per heavy atom. The molecule has 102 valence electrons. The molecule has 0 spiro atoms. The molecule has 0 atom stereocenters. The Kier molecular flexibility index (Phi) is 9.71. The highest BCUT2D eigenvalue weighted by atomic mass is 32.2. The number of carboxylic acids is 1. The van der Waals surface area contributed by atoms with Crippen molar-refractivity contribution in [3.63, 3.8) is 0 Å². The van der Waals surface area contributed by atoms with Gasteiger partial charge in [0.25, 0.3) is 0 Å². The maximum absolute atomic E-state index is 11.6. The van der Waals surface area contributed by atoms with Gasteiger partial charge in [0.05, 0.1) is 0 Å². The number of carboxylic acid groups (broad SMARTS) is 1. The van der Waals surface area contributed by atoms with Crippen molar-refractivity contribution in [1.29, 1.82) is 0 Å². The highest BCUT2D eigenvalue weighted by Crippen LogP contribution is 2.37. The van der Waals surface area contributed by atoms with Crippen molar-refractivity contribution in [3.8, 4) is 0 Å². The van der Waals surface area contributed by atoms with E-state index in [9.17, 15) is 9.90 Å². The van der Waals surface area contributed by atoms with Crippen LogP contribution >= 0.6 is 11.8 Å². The van der Waals surface area contributed by atoms with Gasteiger partial charge in [0.2, 0.25) is 0 Å². The average molecular weight is 260 g/mol. The second-order valence-electron chi connectivity index (χ2n) is 4.71. The smallest absolute Gasteiger partial charge is 0.319 e. The number of aliphatic carboxylic acids is 1. The summed E-state index contributed by atoms with van der Waals surface area (Å²) < 4.78 is -0.513. The molecule has 0 aliphatic heterocycles. The molecule has 0 radical (unpaired) electrons. The van der Waals surface area contributed by atoms with Crippen LogP contribution in [0, 0.1) is 0 Å². The first-order valence-corrected chi connectivity index (χ1v) is 7.98. The second kappa shape index (κ2) is 9.81. The van der Waals surface area contributed by atoms with Gasteiger partial charge in [0, 0.05) is 0 Å². The number of carbonyl (C=O) groups is 1. The summed E-state index contributed by atoms with van der Waals surface area (Å²) in [5.41, 5.74) is 0. The van der Waals surface area contributed by atoms with Crippen LogP contribution in [0.4, 0.5) is 0 Å². The van der Waals surface area contributed by atoms with E-state index in [1.165, 1.54) is 0 Å². The molecule has 0 fully saturated rings. The summed E-state index contributed by atoms with van der Waals surface area (Å²) in [6.45, 7) is 6.41. The fourth-order valence-corrected chi connectivity index (χ4v) is 3.41. The predicted octanol–water partition coefficient (Wildman–Crippen LogP) is 4.72. The Labute approximate surface area is 111 Å². The van der Waals surface area contributed by atoms with Crippen LogP contribution in [0.5, 0.6) is 0 Å². The lowest BCUT2D eigenvalue weighted by Gasteiger charge is -2.29. The molecular weight excluding hydrogens is 232 g/mol. The van der Waals surface area contributed by atoms with Gasteiger partial charge in [-0.15, -0.1) is 11.8 Å². The fourth-order valence-electron chi connectivity index (χ4n) is 1.88. The summed E-state index contributed by atoms with van der Waals surface area (Å²) >= 11 is 1.68. The predicted molar refractivity (Wildman–Crippen MR) is 76.8 cm³/mol. The molecular formula is C14H28O2S. The lowest BCUT2D eigenvalue weighted by Crippen LogP contribution is -2.35. The van der Waals surface area contributed by atoms with Gasteiger partial charge in [0.1, 0.15) is 4.75 Å². The van der Waals surface area contributed by atoms with Crippen LogP contribution in [-0.4, -0.2) is 21.6 Å². The molecule has 2 nitrogen and oxygen atoms in total. The van der Waals surface area contributed by atoms with Crippen LogP contribution in [0.3, 0.4) is 0 Å². The first-order valence-electron chi connectivity index (χ1n) is 7.00. The van der Waals surface area contributed by atoms with Crippen LogP contribution in [-0.2, 0) is 4.79 Å². The van der Waals surface area contributed by atoms with Crippen LogP contribution < -0.4 is 0 Å². The summed E-state index contributed by atoms with van der Waals surface area (Å²) in [5, 5.41) is 9.56. The van der Waals surface area contributed by atoms with E-state index in [1.54, 1.807) is 11.8 Å². The summed E-state index contributed by atoms with van der Waals surface area (Å²) in [5.74, 6) is 0.386. The molecule has 3 heteroatoms. The first-order chi connectivity index (χ1) is 8.13. The first kappa shape index (κ1) is 16.8. The van der Waals surface area contributed by atoms with Crippen molar-refractivity contribution < 1.29 is 9.90 Å². The third kappa shape index (κ3) is 6.35. The Hall–Kier alpha value is -0.180. The molecule has 0 heterocycles. The van der Waals surface area contributed by atoms with Crippen molar-refractivity contribution in [1.82, 2.24) is 0 Å². The molecule has 0 unspecified atom stereocenters. The van der Waals surface area contributed by atoms with E-state index in [4.69, 9.17) is 0 Å². The van der Waals surface area contributed by atoms with E-state index < -0.39 is 10.7 Å². The van der Waals surface area contributed by atoms with Crippen LogP contribution in [0.1, 0.15) is 72.1 Å². The van der Waals surface area contributed by atoms with Gasteiger partial charge in [-0.1, -0.05) is 52.9 Å². The van der Waals surface area contributed by atoms with Gasteiger partial charge in [-0.3, -0.25) is 4.79 Å². The van der Waals surface area contributed by atoms with Crippen LogP contribution in [0.15, 0.2) is 0 Å². The van der Waals surface area contributed by atoms with Gasteiger partial charge in [-0.2, -0.15) is 0 Å². The summed E-state index contributed by atoms with van der Waals surface area (Å²) in [4.78, 5) is 11.6. The van der Waals surface area contributed by atoms with E-state index in [0.29, 0.717) is 0 Å². The number of rotatable bonds is 11. The molecule has 0 saturated heterocycles. The Morgan fingerprint density at radius 1 is 1.00 bits per heavy atom. The van der Waals surface area contributed by atoms with Crippen molar-refractivity contribution >= 4 is 17.7 Å². The molecule has 0 aromatic carbocycles. The van der Waals surface area contributed by atoms with E-state index in [-0.39, 0.29) is 0 Å². The largest absolute Gasteiger partial charge is 0.480 e. The molecule has 0 aromatic heterocycles. The van der Waals surface area contributed by atoms with E-state index >= 15 is 0 Å². The molecule has 0 bridgehead atoms. The number of hydrogen-bond donors (Lipinski definition) is 1. The number of hydrogen-bond acceptors (Lipinski definition) is 2. The van der Waals surface area contributed by atoms with Gasteiger partial charge >= 0.3 is 5.97 Å². The molecule has 0 rings (SSSR count). The number of thioether (sulfide) groups is 1. The maximum Gasteiger partial charge on any atom is 0.319 e. The topological polar surface area (TPSA) is 37.3 Å². The van der Waals surface area contributed by atoms with E-state index in [2.05, 4.69) is 20.8 Å². The summed E-state index contributed by atoms with van der Waals surface area (Å²) in [6.07, 6.45) is 8.12. The SMILES string of the molecule is CCCCSC(CCCC)(CCCC)C(=O)O. The molecule has 0 aliphatic rings. The summed E-state index contributed by atoms with van der Waals surface area (Å²) in [7, 11) is 0. The monoisotopic (exact) mass is 260 g/mol. The zero-order chi connectivity index (χ0) is 13.1. The lowest BCUT2D eigenvalue weighted by atomic mass is 9.95. The standard InChI is InChI=1S/C14H28O2S/c1-4-7-10-14(13(15)16,11-8-5-2)17-12-9-6-3/h4-12H2,1-3H3,(H,15,16). The second-order valence-corrected chi connectivity index (χ2v) is 6.19. The minimum absolute atomic E-state index is 0.513. The maximum atomic E-state index is 11.6. The van der Waals surface area contributed by atoms with Gasteiger partial charge in [-0.25, -0.2) is 0 Å². The number of unbranched alkanes of at least 4 members (excludes halogenated alkanes) is 3. The Balaban J connectivity index is 4.50. The van der Waals surface area contributed by atoms with Crippen molar-refractivity contribution in [2.45, 2.75) is 76.9 Å². The zero-order valence-electron chi connectivity index (χ0n) is 11.6. The van der Waals surface area contributed by atoms with E-state index in [1.807, 2.05) is 0 Å². The Bertz CT molecular complexity index is 196. The minimum Gasteiger partial charge on any atom is -0.480 e. The zero-order valence-corrected chi connectivity index (χ0v) is 12.4.